The fourth-order valence-electron chi connectivity index (χ4n) is 1.48. The third-order valence-corrected chi connectivity index (χ3v) is 2.94. The Morgan fingerprint density at radius 1 is 1.37 bits per heavy atom. The molecule has 2 N–H and O–H groups in total. The first-order chi connectivity index (χ1) is 8.85. The number of nitro groups is 1. The molecule has 0 saturated heterocycles. The lowest BCUT2D eigenvalue weighted by molar-refractivity contribution is -0.385. The van der Waals surface area contributed by atoms with Gasteiger partial charge in [-0.2, -0.15) is 0 Å². The van der Waals surface area contributed by atoms with E-state index in [0.29, 0.717) is 0 Å². The van der Waals surface area contributed by atoms with Gasteiger partial charge in [-0.05, 0) is 11.1 Å². The number of carboxylic acids is 1. The molecule has 0 aromatic heterocycles. The van der Waals surface area contributed by atoms with Gasteiger partial charge in [0.2, 0.25) is 0 Å². The summed E-state index contributed by atoms with van der Waals surface area (Å²) in [6.45, 7) is 0. The van der Waals surface area contributed by atoms with Gasteiger partial charge in [-0.1, -0.05) is 22.0 Å². The number of aliphatic carboxylic acids is 1. The molecule has 19 heavy (non-hydrogen) atoms. The third-order valence-electron chi connectivity index (χ3n) is 2.31. The summed E-state index contributed by atoms with van der Waals surface area (Å²) in [5.74, 6) is -1.73. The Bertz CT molecular complexity index is 530. The van der Waals surface area contributed by atoms with Gasteiger partial charge in [0.1, 0.15) is 5.78 Å². The first-order valence-electron chi connectivity index (χ1n) is 5.12. The Hall–Kier alpha value is -1.80. The highest BCUT2D eigenvalue weighted by molar-refractivity contribution is 9.09. The van der Waals surface area contributed by atoms with E-state index >= 15 is 0 Å². The Morgan fingerprint density at radius 2 is 2.00 bits per heavy atom. The monoisotopic (exact) mass is 331 g/mol. The van der Waals surface area contributed by atoms with E-state index in [2.05, 4.69) is 15.9 Å². The first kappa shape index (κ1) is 15.3. The van der Waals surface area contributed by atoms with Crippen molar-refractivity contribution in [2.45, 2.75) is 12.5 Å². The van der Waals surface area contributed by atoms with Crippen molar-refractivity contribution >= 4 is 33.4 Å². The number of non-ortho nitro benzene ring substituents is 1. The van der Waals surface area contributed by atoms with Gasteiger partial charge in [0, 0.05) is 18.6 Å². The van der Waals surface area contributed by atoms with Gasteiger partial charge in [-0.3, -0.25) is 14.9 Å². The number of benzene rings is 1. The van der Waals surface area contributed by atoms with E-state index in [1.54, 1.807) is 0 Å². The maximum Gasteiger partial charge on any atom is 0.337 e. The van der Waals surface area contributed by atoms with Crippen molar-refractivity contribution in [2.75, 3.05) is 5.33 Å². The molecule has 0 radical (unpaired) electrons. The molecule has 0 aliphatic carbocycles. The van der Waals surface area contributed by atoms with E-state index < -0.39 is 17.0 Å². The molecule has 8 heteroatoms. The van der Waals surface area contributed by atoms with Gasteiger partial charge in [0.15, 0.2) is 6.10 Å². The number of alkyl halides is 1. The van der Waals surface area contributed by atoms with Gasteiger partial charge >= 0.3 is 5.97 Å². The van der Waals surface area contributed by atoms with E-state index in [4.69, 9.17) is 5.11 Å². The van der Waals surface area contributed by atoms with Crippen LogP contribution in [-0.4, -0.2) is 32.2 Å². The predicted molar refractivity (Wildman–Crippen MR) is 68.2 cm³/mol. The summed E-state index contributed by atoms with van der Waals surface area (Å²) in [5, 5.41) is 28.9. The van der Waals surface area contributed by atoms with Crippen molar-refractivity contribution in [1.29, 1.82) is 0 Å². The number of hydrogen-bond acceptors (Lipinski definition) is 5. The van der Waals surface area contributed by atoms with E-state index in [1.165, 1.54) is 12.1 Å². The molecule has 0 aliphatic heterocycles. The van der Waals surface area contributed by atoms with Crippen LogP contribution in [0.15, 0.2) is 18.2 Å². The van der Waals surface area contributed by atoms with Crippen LogP contribution >= 0.6 is 15.9 Å². The number of carbonyl (C=O) groups is 2. The number of rotatable bonds is 6. The number of nitrogens with zero attached hydrogens (tertiary/aromatic N) is 1. The highest BCUT2D eigenvalue weighted by Gasteiger charge is 2.20. The second-order valence-electron chi connectivity index (χ2n) is 3.78. The van der Waals surface area contributed by atoms with Crippen LogP contribution < -0.4 is 0 Å². The molecule has 1 atom stereocenters. The maximum atomic E-state index is 11.3. The molecule has 0 aliphatic rings. The fourth-order valence-corrected chi connectivity index (χ4v) is 1.68. The first-order valence-corrected chi connectivity index (χ1v) is 6.24. The number of aliphatic hydroxyl groups excluding tert-OH is 1. The molecule has 7 nitrogen and oxygen atoms in total. The molecule has 0 amide bonds. The molecular formula is C11H10BrNO6. The Kier molecular flexibility index (Phi) is 5.13. The number of ketones is 1. The SMILES string of the molecule is O=C(CBr)Cc1cc(C(O)C(=O)O)cc([N+](=O)[O-])c1. The summed E-state index contributed by atoms with van der Waals surface area (Å²) in [6, 6.07) is 3.42. The average molecular weight is 332 g/mol. The molecule has 0 heterocycles. The van der Waals surface area contributed by atoms with Gasteiger partial charge in [-0.25, -0.2) is 4.79 Å². The molecule has 102 valence electrons. The highest BCUT2D eigenvalue weighted by Crippen LogP contribution is 2.23. The zero-order valence-corrected chi connectivity index (χ0v) is 11.2. The molecular weight excluding hydrogens is 322 g/mol. The normalized spacial score (nSPS) is 11.9. The van der Waals surface area contributed by atoms with Crippen molar-refractivity contribution in [2.24, 2.45) is 0 Å². The smallest absolute Gasteiger partial charge is 0.337 e. The van der Waals surface area contributed by atoms with Crippen LogP contribution in [-0.2, 0) is 16.0 Å². The molecule has 1 rings (SSSR count). The number of hydrogen-bond donors (Lipinski definition) is 2. The summed E-state index contributed by atoms with van der Waals surface area (Å²) in [4.78, 5) is 32.0. The number of nitro benzene ring substituents is 1. The largest absolute Gasteiger partial charge is 0.479 e. The second-order valence-corrected chi connectivity index (χ2v) is 4.34. The minimum atomic E-state index is -1.86. The minimum Gasteiger partial charge on any atom is -0.479 e. The van der Waals surface area contributed by atoms with Crippen LogP contribution in [0.5, 0.6) is 0 Å². The van der Waals surface area contributed by atoms with Crippen molar-refractivity contribution in [1.82, 2.24) is 0 Å². The Labute approximate surface area is 116 Å². The predicted octanol–water partition coefficient (Wildman–Crippen LogP) is 1.22. The molecule has 1 unspecified atom stereocenters. The summed E-state index contributed by atoms with van der Waals surface area (Å²) in [6.07, 6.45) is -1.94. The standard InChI is InChI=1S/C11H10BrNO6/c12-5-9(14)3-6-1-7(10(15)11(16)17)4-8(2-6)13(18)19/h1-2,4,10,15H,3,5H2,(H,16,17). The van der Waals surface area contributed by atoms with Gasteiger partial charge < -0.3 is 10.2 Å². The Morgan fingerprint density at radius 3 is 2.47 bits per heavy atom. The number of carbonyl (C=O) groups excluding carboxylic acids is 1. The lowest BCUT2D eigenvalue weighted by Gasteiger charge is -2.08. The van der Waals surface area contributed by atoms with E-state index in [9.17, 15) is 24.8 Å². The quantitative estimate of drug-likeness (QED) is 0.459. The van der Waals surface area contributed by atoms with Crippen LogP contribution in [0.25, 0.3) is 0 Å². The summed E-state index contributed by atoms with van der Waals surface area (Å²) < 4.78 is 0. The summed E-state index contributed by atoms with van der Waals surface area (Å²) in [7, 11) is 0. The number of aliphatic hydroxyl groups is 1. The van der Waals surface area contributed by atoms with Crippen molar-refractivity contribution in [3.63, 3.8) is 0 Å². The molecule has 0 bridgehead atoms. The number of halogens is 1. The van der Waals surface area contributed by atoms with Crippen LogP contribution in [0.1, 0.15) is 17.2 Å². The molecule has 0 spiro atoms. The zero-order chi connectivity index (χ0) is 14.6. The minimum absolute atomic E-state index is 0.0771. The molecule has 0 saturated carbocycles. The molecule has 1 aromatic carbocycles. The van der Waals surface area contributed by atoms with Crippen LogP contribution in [0, 0.1) is 10.1 Å². The number of carboxylic acid groups (broad SMARTS) is 1. The van der Waals surface area contributed by atoms with E-state index in [0.717, 1.165) is 6.07 Å². The molecule has 0 fully saturated rings. The lowest BCUT2D eigenvalue weighted by atomic mass is 10.0. The average Bonchev–Trinajstić information content (AvgIpc) is 2.36. The summed E-state index contributed by atoms with van der Waals surface area (Å²) in [5.41, 5.74) is -0.205. The highest BCUT2D eigenvalue weighted by atomic mass is 79.9. The topological polar surface area (TPSA) is 118 Å². The van der Waals surface area contributed by atoms with Crippen LogP contribution in [0.3, 0.4) is 0 Å². The van der Waals surface area contributed by atoms with Crippen molar-refractivity contribution in [3.8, 4) is 0 Å². The fraction of sp³-hybridized carbons (Fsp3) is 0.273. The number of Topliss-reactive ketones (excluding diaryl/α,β-unsaturated/α-hetero) is 1. The van der Waals surface area contributed by atoms with Gasteiger partial charge in [0.05, 0.1) is 10.3 Å². The second kappa shape index (κ2) is 6.39. The van der Waals surface area contributed by atoms with Gasteiger partial charge in [0.25, 0.3) is 5.69 Å². The lowest BCUT2D eigenvalue weighted by Crippen LogP contribution is -2.12. The van der Waals surface area contributed by atoms with Crippen molar-refractivity contribution < 1.29 is 24.7 Å². The zero-order valence-electron chi connectivity index (χ0n) is 9.58. The van der Waals surface area contributed by atoms with Gasteiger partial charge in [-0.15, -0.1) is 0 Å². The van der Waals surface area contributed by atoms with Crippen LogP contribution in [0.2, 0.25) is 0 Å². The van der Waals surface area contributed by atoms with Crippen LogP contribution in [0.4, 0.5) is 5.69 Å². The van der Waals surface area contributed by atoms with Crippen molar-refractivity contribution in [3.05, 3.63) is 39.4 Å². The molecule has 1 aromatic rings. The van der Waals surface area contributed by atoms with E-state index in [1.807, 2.05) is 0 Å². The van der Waals surface area contributed by atoms with E-state index in [-0.39, 0.29) is 34.3 Å². The maximum absolute atomic E-state index is 11.3. The summed E-state index contributed by atoms with van der Waals surface area (Å²) >= 11 is 2.96. The Balaban J connectivity index is 3.21. The third kappa shape index (κ3) is 4.11.